The molecule has 1 aromatic heterocycles. The molecule has 0 aliphatic carbocycles. The first-order valence-electron chi connectivity index (χ1n) is 10.8. The van der Waals surface area contributed by atoms with Crippen molar-refractivity contribution >= 4 is 11.7 Å². The van der Waals surface area contributed by atoms with Gasteiger partial charge in [-0.05, 0) is 13.8 Å². The molecule has 34 heavy (non-hydrogen) atoms. The van der Waals surface area contributed by atoms with Crippen LogP contribution >= 0.6 is 0 Å². The van der Waals surface area contributed by atoms with E-state index in [0.29, 0.717) is 5.71 Å². The number of nitrogens with zero attached hydrogens (tertiary/aromatic N) is 3. The summed E-state index contributed by atoms with van der Waals surface area (Å²) in [6, 6.07) is 16.9. The molecule has 7 nitrogen and oxygen atoms in total. The molecule has 9 heteroatoms. The van der Waals surface area contributed by atoms with Gasteiger partial charge in [0.2, 0.25) is 0 Å². The van der Waals surface area contributed by atoms with Crippen molar-refractivity contribution in [2.75, 3.05) is 6.61 Å². The quantitative estimate of drug-likeness (QED) is 0.321. The van der Waals surface area contributed by atoms with Gasteiger partial charge in [0.25, 0.3) is 0 Å². The van der Waals surface area contributed by atoms with Crippen molar-refractivity contribution in [1.82, 2.24) is 9.72 Å². The fourth-order valence-corrected chi connectivity index (χ4v) is 3.30. The molecule has 0 radical (unpaired) electrons. The summed E-state index contributed by atoms with van der Waals surface area (Å²) >= 11 is 0. The maximum absolute atomic E-state index is 14.8. The minimum Gasteiger partial charge on any atom is -0.464 e. The van der Waals surface area contributed by atoms with Gasteiger partial charge in [-0.15, -0.1) is 0 Å². The predicted molar refractivity (Wildman–Crippen MR) is 123 cm³/mol. The van der Waals surface area contributed by atoms with E-state index in [4.69, 9.17) is 4.74 Å². The summed E-state index contributed by atoms with van der Waals surface area (Å²) in [5.74, 6) is -3.49. The normalized spacial score (nSPS) is 12.6. The molecule has 0 saturated carbocycles. The fraction of sp³-hybridized carbons (Fsp3) is 0.280. The molecule has 1 unspecified atom stereocenters. The van der Waals surface area contributed by atoms with Gasteiger partial charge in [0.1, 0.15) is 11.7 Å². The molecule has 0 aliphatic rings. The van der Waals surface area contributed by atoms with Crippen molar-refractivity contribution in [2.24, 2.45) is 4.99 Å². The lowest BCUT2D eigenvalue weighted by molar-refractivity contribution is -0.144. The fourth-order valence-electron chi connectivity index (χ4n) is 3.30. The van der Waals surface area contributed by atoms with Gasteiger partial charge in [0.15, 0.2) is 11.9 Å². The second-order valence-electron chi connectivity index (χ2n) is 7.39. The van der Waals surface area contributed by atoms with Crippen molar-refractivity contribution in [3.8, 4) is 0 Å². The molecule has 2 aromatic carbocycles. The lowest BCUT2D eigenvalue weighted by Crippen LogP contribution is -2.24. The molecule has 0 spiro atoms. The van der Waals surface area contributed by atoms with E-state index in [1.807, 2.05) is 60.7 Å². The van der Waals surface area contributed by atoms with Crippen LogP contribution in [0.3, 0.4) is 0 Å². The molecule has 178 valence electrons. The number of carbonyl (C=O) groups excluding carboxylic acids is 1. The third-order valence-corrected chi connectivity index (χ3v) is 5.03. The maximum atomic E-state index is 14.8. The lowest BCUT2D eigenvalue weighted by Gasteiger charge is -2.15. The number of benzene rings is 2. The minimum atomic E-state index is -1.30. The lowest BCUT2D eigenvalue weighted by atomic mass is 10.0. The number of aliphatic imine (C=N–C) groups is 1. The summed E-state index contributed by atoms with van der Waals surface area (Å²) in [6.07, 6.45) is -1.03. The predicted octanol–water partition coefficient (Wildman–Crippen LogP) is 4.54. The first-order chi connectivity index (χ1) is 16.4. The highest BCUT2D eigenvalue weighted by atomic mass is 19.2. The first kappa shape index (κ1) is 24.8. The van der Waals surface area contributed by atoms with E-state index in [0.717, 1.165) is 15.7 Å². The van der Waals surface area contributed by atoms with Gasteiger partial charge >= 0.3 is 11.7 Å². The monoisotopic (exact) mass is 469 g/mol. The van der Waals surface area contributed by atoms with Gasteiger partial charge in [-0.1, -0.05) is 65.8 Å². The summed E-state index contributed by atoms with van der Waals surface area (Å²) in [5, 5.41) is 3.49. The van der Waals surface area contributed by atoms with Crippen molar-refractivity contribution in [3.63, 3.8) is 0 Å². The van der Waals surface area contributed by atoms with Crippen LogP contribution in [0.4, 0.5) is 8.78 Å². The van der Waals surface area contributed by atoms with Crippen molar-refractivity contribution in [2.45, 2.75) is 39.3 Å². The zero-order valence-electron chi connectivity index (χ0n) is 18.9. The zero-order chi connectivity index (χ0) is 24.5. The molecule has 0 bridgehead atoms. The molecule has 0 amide bonds. The average molecular weight is 469 g/mol. The number of halogens is 2. The van der Waals surface area contributed by atoms with Crippen LogP contribution in [0.2, 0.25) is 0 Å². The number of aryl methyl sites for hydroxylation is 1. The number of hydrogen-bond acceptors (Lipinski definition) is 6. The Hall–Kier alpha value is -3.88. The molecule has 1 atom stereocenters. The number of aromatic nitrogens is 2. The average Bonchev–Trinajstić information content (AvgIpc) is 3.18. The molecule has 3 aromatic rings. The van der Waals surface area contributed by atoms with Crippen LogP contribution in [0.5, 0.6) is 0 Å². The van der Waals surface area contributed by atoms with Crippen LogP contribution < -0.4 is 5.76 Å². The van der Waals surface area contributed by atoms with E-state index < -0.39 is 42.3 Å². The van der Waals surface area contributed by atoms with Gasteiger partial charge in [0.05, 0.1) is 12.3 Å². The molecule has 0 N–H and O–H groups in total. The van der Waals surface area contributed by atoms with Crippen LogP contribution in [-0.2, 0) is 16.1 Å². The SMILES string of the molecule is CCOC(=O)C(C/C(F)=C(\F)CCn1c(C)noc1=O)N=C(c1ccccc1)c1ccccc1. The molecule has 3 rings (SSSR count). The van der Waals surface area contributed by atoms with Crippen LogP contribution in [0.15, 0.2) is 86.6 Å². The van der Waals surface area contributed by atoms with Crippen molar-refractivity contribution in [1.29, 1.82) is 0 Å². The van der Waals surface area contributed by atoms with E-state index in [9.17, 15) is 18.4 Å². The summed E-state index contributed by atoms with van der Waals surface area (Å²) in [7, 11) is 0. The molecular weight excluding hydrogens is 444 g/mol. The Morgan fingerprint density at radius 1 is 1.06 bits per heavy atom. The van der Waals surface area contributed by atoms with Crippen molar-refractivity contribution in [3.05, 3.63) is 99.8 Å². The Labute approximate surface area is 195 Å². The van der Waals surface area contributed by atoms with Crippen LogP contribution in [0, 0.1) is 6.92 Å². The smallest absolute Gasteiger partial charge is 0.441 e. The largest absolute Gasteiger partial charge is 0.464 e. The third kappa shape index (κ3) is 6.34. The van der Waals surface area contributed by atoms with Crippen LogP contribution in [0.1, 0.15) is 36.7 Å². The number of hydrogen-bond donors (Lipinski definition) is 0. The Morgan fingerprint density at radius 2 is 1.65 bits per heavy atom. The summed E-state index contributed by atoms with van der Waals surface area (Å²) in [4.78, 5) is 28.7. The van der Waals surface area contributed by atoms with Gasteiger partial charge < -0.3 is 4.74 Å². The first-order valence-corrected chi connectivity index (χ1v) is 10.8. The second-order valence-corrected chi connectivity index (χ2v) is 7.39. The molecule has 0 fully saturated rings. The standard InChI is InChI=1S/C25H25F2N3O4/c1-3-33-24(31)22(16-21(27)20(26)14-15-30-17(2)29-34-25(30)32)28-23(18-10-6-4-7-11-18)19-12-8-5-9-13-19/h4-13,22H,3,14-16H2,1-2H3/b21-20+. The Morgan fingerprint density at radius 3 is 2.15 bits per heavy atom. The van der Waals surface area contributed by atoms with Gasteiger partial charge in [-0.25, -0.2) is 18.4 Å². The topological polar surface area (TPSA) is 86.7 Å². The highest BCUT2D eigenvalue weighted by molar-refractivity contribution is 6.13. The van der Waals surface area contributed by atoms with E-state index in [2.05, 4.69) is 14.7 Å². The van der Waals surface area contributed by atoms with Gasteiger partial charge in [-0.3, -0.25) is 14.1 Å². The summed E-state index contributed by atoms with van der Waals surface area (Å²) in [5.41, 5.74) is 1.89. The second kappa shape index (κ2) is 11.8. The Bertz CT molecular complexity index is 1180. The Kier molecular flexibility index (Phi) is 8.61. The molecule has 0 saturated heterocycles. The van der Waals surface area contributed by atoms with Gasteiger partial charge in [-0.2, -0.15) is 0 Å². The van der Waals surface area contributed by atoms with E-state index in [-0.39, 0.29) is 19.0 Å². The molecular formula is C25H25F2N3O4. The molecule has 0 aliphatic heterocycles. The number of esters is 1. The summed E-state index contributed by atoms with van der Waals surface area (Å²) in [6.45, 7) is 3.06. The zero-order valence-corrected chi connectivity index (χ0v) is 18.9. The number of ether oxygens (including phenoxy) is 1. The van der Waals surface area contributed by atoms with Crippen molar-refractivity contribution < 1.29 is 22.8 Å². The third-order valence-electron chi connectivity index (χ3n) is 5.03. The highest BCUT2D eigenvalue weighted by Crippen LogP contribution is 2.22. The number of allylic oxidation sites excluding steroid dienone is 1. The minimum absolute atomic E-state index is 0.0698. The summed E-state index contributed by atoms with van der Waals surface area (Å²) < 4.78 is 40.1. The van der Waals surface area contributed by atoms with E-state index >= 15 is 0 Å². The van der Waals surface area contributed by atoms with Gasteiger partial charge in [0, 0.05) is 30.5 Å². The number of carbonyl (C=O) groups is 1. The van der Waals surface area contributed by atoms with Crippen LogP contribution in [-0.4, -0.2) is 34.1 Å². The highest BCUT2D eigenvalue weighted by Gasteiger charge is 2.24. The molecule has 1 heterocycles. The van der Waals surface area contributed by atoms with E-state index in [1.165, 1.54) is 6.92 Å². The maximum Gasteiger partial charge on any atom is 0.441 e. The van der Waals surface area contributed by atoms with E-state index in [1.54, 1.807) is 6.92 Å². The Balaban J connectivity index is 1.92. The van der Waals surface area contributed by atoms with Crippen LogP contribution in [0.25, 0.3) is 0 Å². The number of rotatable bonds is 10.